The van der Waals surface area contributed by atoms with Gasteiger partial charge in [-0.3, -0.25) is 4.79 Å². The van der Waals surface area contributed by atoms with Gasteiger partial charge in [-0.25, -0.2) is 0 Å². The fourth-order valence-corrected chi connectivity index (χ4v) is 2.38. The van der Waals surface area contributed by atoms with Crippen molar-refractivity contribution in [1.29, 1.82) is 0 Å². The summed E-state index contributed by atoms with van der Waals surface area (Å²) in [6.45, 7) is 1.32. The van der Waals surface area contributed by atoms with E-state index in [1.165, 1.54) is 0 Å². The molecule has 1 saturated heterocycles. The number of carbonyl (C=O) groups is 1. The van der Waals surface area contributed by atoms with Gasteiger partial charge < -0.3 is 10.6 Å². The second kappa shape index (κ2) is 4.73. The molecule has 1 unspecified atom stereocenters. The van der Waals surface area contributed by atoms with Gasteiger partial charge in [-0.2, -0.15) is 0 Å². The quantitative estimate of drug-likeness (QED) is 0.865. The van der Waals surface area contributed by atoms with Crippen LogP contribution in [-0.4, -0.2) is 29.9 Å². The topological polar surface area (TPSA) is 46.3 Å². The lowest BCUT2D eigenvalue weighted by Crippen LogP contribution is -2.32. The van der Waals surface area contributed by atoms with Crippen molar-refractivity contribution in [2.45, 2.75) is 12.5 Å². The number of likely N-dealkylation sites (tertiary alicyclic amines) is 1. The molecule has 0 saturated carbocycles. The minimum absolute atomic E-state index is 0.0424. The molecule has 2 N–H and O–H groups in total. The van der Waals surface area contributed by atoms with E-state index >= 15 is 0 Å². The lowest BCUT2D eigenvalue weighted by Gasteiger charge is -2.16. The molecule has 1 fully saturated rings. The Kier molecular flexibility index (Phi) is 3.52. The molecule has 1 aliphatic rings. The predicted octanol–water partition coefficient (Wildman–Crippen LogP) is 2.28. The molecule has 5 heteroatoms. The van der Waals surface area contributed by atoms with Gasteiger partial charge in [0.1, 0.15) is 0 Å². The van der Waals surface area contributed by atoms with Crippen LogP contribution in [0.15, 0.2) is 22.7 Å². The molecule has 1 aromatic carbocycles. The average molecular weight is 304 g/mol. The fourth-order valence-electron chi connectivity index (χ4n) is 1.81. The Morgan fingerprint density at radius 3 is 2.94 bits per heavy atom. The monoisotopic (exact) mass is 302 g/mol. The smallest absolute Gasteiger partial charge is 0.255 e. The summed E-state index contributed by atoms with van der Waals surface area (Å²) in [5.41, 5.74) is 6.31. The maximum atomic E-state index is 12.1. The van der Waals surface area contributed by atoms with Crippen LogP contribution in [-0.2, 0) is 0 Å². The number of benzene rings is 1. The van der Waals surface area contributed by atoms with Crippen molar-refractivity contribution in [1.82, 2.24) is 4.90 Å². The van der Waals surface area contributed by atoms with Crippen LogP contribution in [0.25, 0.3) is 0 Å². The molecule has 3 nitrogen and oxygen atoms in total. The molecule has 1 aliphatic heterocycles. The lowest BCUT2D eigenvalue weighted by molar-refractivity contribution is 0.0791. The van der Waals surface area contributed by atoms with Gasteiger partial charge in [-0.1, -0.05) is 17.7 Å². The number of rotatable bonds is 1. The molecule has 2 rings (SSSR count). The highest BCUT2D eigenvalue weighted by molar-refractivity contribution is 9.10. The van der Waals surface area contributed by atoms with Crippen molar-refractivity contribution in [3.05, 3.63) is 33.3 Å². The normalized spacial score (nSPS) is 20.2. The number of nitrogens with zero attached hydrogens (tertiary/aromatic N) is 1. The molecular formula is C11H12BrClN2O. The van der Waals surface area contributed by atoms with Gasteiger partial charge in [0.2, 0.25) is 0 Å². The highest BCUT2D eigenvalue weighted by atomic mass is 79.9. The molecule has 0 radical (unpaired) electrons. The second-order valence-corrected chi connectivity index (χ2v) is 5.13. The van der Waals surface area contributed by atoms with Gasteiger partial charge in [0, 0.05) is 23.6 Å². The van der Waals surface area contributed by atoms with Gasteiger partial charge in [-0.05, 0) is 34.5 Å². The second-order valence-electron chi connectivity index (χ2n) is 3.90. The van der Waals surface area contributed by atoms with Gasteiger partial charge in [0.25, 0.3) is 5.91 Å². The third-order valence-corrected chi connectivity index (χ3v) is 3.99. The standard InChI is InChI=1S/C11H12BrClN2O/c12-9-3-1-2-8(10(9)13)11(16)15-5-4-7(14)6-15/h1-3,7H,4-6,14H2. The molecule has 0 bridgehead atoms. The van der Waals surface area contributed by atoms with E-state index in [0.717, 1.165) is 10.9 Å². The summed E-state index contributed by atoms with van der Waals surface area (Å²) in [6.07, 6.45) is 0.858. The summed E-state index contributed by atoms with van der Waals surface area (Å²) in [5, 5.41) is 0.466. The van der Waals surface area contributed by atoms with E-state index in [9.17, 15) is 4.79 Å². The Morgan fingerprint density at radius 2 is 2.31 bits per heavy atom. The predicted molar refractivity (Wildman–Crippen MR) is 67.6 cm³/mol. The van der Waals surface area contributed by atoms with Gasteiger partial charge in [0.15, 0.2) is 0 Å². The van der Waals surface area contributed by atoms with Crippen LogP contribution in [0, 0.1) is 0 Å². The molecule has 0 spiro atoms. The van der Waals surface area contributed by atoms with E-state index < -0.39 is 0 Å². The summed E-state index contributed by atoms with van der Waals surface area (Å²) < 4.78 is 0.739. The summed E-state index contributed by atoms with van der Waals surface area (Å²) in [6, 6.07) is 5.45. The van der Waals surface area contributed by atoms with E-state index in [1.807, 2.05) is 6.07 Å². The SMILES string of the molecule is NC1CCN(C(=O)c2cccc(Br)c2Cl)C1. The number of carbonyl (C=O) groups excluding carboxylic acids is 1. The Hall–Kier alpha value is -0.580. The lowest BCUT2D eigenvalue weighted by atomic mass is 10.2. The first-order chi connectivity index (χ1) is 7.59. The molecule has 1 heterocycles. The maximum absolute atomic E-state index is 12.1. The largest absolute Gasteiger partial charge is 0.337 e. The fraction of sp³-hybridized carbons (Fsp3) is 0.364. The third kappa shape index (κ3) is 2.24. The highest BCUT2D eigenvalue weighted by Crippen LogP contribution is 2.27. The summed E-state index contributed by atoms with van der Waals surface area (Å²) in [7, 11) is 0. The van der Waals surface area contributed by atoms with Crippen molar-refractivity contribution >= 4 is 33.4 Å². The van der Waals surface area contributed by atoms with E-state index in [-0.39, 0.29) is 11.9 Å². The summed E-state index contributed by atoms with van der Waals surface area (Å²) in [4.78, 5) is 13.9. The van der Waals surface area contributed by atoms with Gasteiger partial charge in [-0.15, -0.1) is 0 Å². The van der Waals surface area contributed by atoms with Crippen LogP contribution in [0.4, 0.5) is 0 Å². The van der Waals surface area contributed by atoms with Crippen LogP contribution >= 0.6 is 27.5 Å². The first kappa shape index (κ1) is 11.9. The van der Waals surface area contributed by atoms with Gasteiger partial charge in [0.05, 0.1) is 10.6 Å². The average Bonchev–Trinajstić information content (AvgIpc) is 2.68. The Bertz CT molecular complexity index is 424. The molecule has 1 aromatic rings. The Balaban J connectivity index is 2.24. The van der Waals surface area contributed by atoms with Crippen LogP contribution in [0.1, 0.15) is 16.8 Å². The molecule has 0 aromatic heterocycles. The van der Waals surface area contributed by atoms with Crippen molar-refractivity contribution in [2.24, 2.45) is 5.73 Å². The number of halogens is 2. The maximum Gasteiger partial charge on any atom is 0.255 e. The molecule has 86 valence electrons. The van der Waals surface area contributed by atoms with Crippen molar-refractivity contribution in [2.75, 3.05) is 13.1 Å². The minimum atomic E-state index is -0.0424. The molecule has 1 atom stereocenters. The first-order valence-electron chi connectivity index (χ1n) is 5.08. The Morgan fingerprint density at radius 1 is 1.56 bits per heavy atom. The van der Waals surface area contributed by atoms with E-state index in [2.05, 4.69) is 15.9 Å². The minimum Gasteiger partial charge on any atom is -0.337 e. The van der Waals surface area contributed by atoms with E-state index in [1.54, 1.807) is 17.0 Å². The van der Waals surface area contributed by atoms with Gasteiger partial charge >= 0.3 is 0 Å². The number of amides is 1. The van der Waals surface area contributed by atoms with Crippen molar-refractivity contribution in [3.63, 3.8) is 0 Å². The van der Waals surface area contributed by atoms with Crippen LogP contribution in [0.2, 0.25) is 5.02 Å². The zero-order valence-electron chi connectivity index (χ0n) is 8.62. The Labute approximate surface area is 108 Å². The summed E-state index contributed by atoms with van der Waals surface area (Å²) in [5.74, 6) is -0.0424. The number of nitrogens with two attached hydrogens (primary N) is 1. The first-order valence-corrected chi connectivity index (χ1v) is 6.25. The zero-order valence-corrected chi connectivity index (χ0v) is 11.0. The van der Waals surface area contributed by atoms with Crippen LogP contribution < -0.4 is 5.73 Å². The highest BCUT2D eigenvalue weighted by Gasteiger charge is 2.26. The molecule has 0 aliphatic carbocycles. The third-order valence-electron chi connectivity index (χ3n) is 2.69. The number of hydrogen-bond donors (Lipinski definition) is 1. The van der Waals surface area contributed by atoms with Crippen molar-refractivity contribution < 1.29 is 4.79 Å². The van der Waals surface area contributed by atoms with Crippen LogP contribution in [0.5, 0.6) is 0 Å². The summed E-state index contributed by atoms with van der Waals surface area (Å²) >= 11 is 9.38. The molecular weight excluding hydrogens is 291 g/mol. The van der Waals surface area contributed by atoms with E-state index in [4.69, 9.17) is 17.3 Å². The molecule has 1 amide bonds. The molecule has 16 heavy (non-hydrogen) atoms. The van der Waals surface area contributed by atoms with Crippen molar-refractivity contribution in [3.8, 4) is 0 Å². The van der Waals surface area contributed by atoms with E-state index in [0.29, 0.717) is 23.7 Å². The number of hydrogen-bond acceptors (Lipinski definition) is 2. The van der Waals surface area contributed by atoms with Crippen LogP contribution in [0.3, 0.4) is 0 Å². The zero-order chi connectivity index (χ0) is 11.7.